The third kappa shape index (κ3) is 3.40. The van der Waals surface area contributed by atoms with Crippen molar-refractivity contribution in [3.8, 4) is 0 Å². The van der Waals surface area contributed by atoms with Crippen molar-refractivity contribution < 1.29 is 9.53 Å². The van der Waals surface area contributed by atoms with Crippen molar-refractivity contribution in [2.24, 2.45) is 0 Å². The number of allylic oxidation sites excluding steroid dienone is 1. The van der Waals surface area contributed by atoms with Crippen LogP contribution in [-0.2, 0) is 9.53 Å². The lowest BCUT2D eigenvalue weighted by molar-refractivity contribution is 0.394. The van der Waals surface area contributed by atoms with Crippen molar-refractivity contribution in [3.05, 3.63) is 11.8 Å². The molecule has 2 nitrogen and oxygen atoms in total. The van der Waals surface area contributed by atoms with E-state index >= 15 is 0 Å². The average Bonchev–Trinajstić information content (AvgIpc) is 1.83. The Morgan fingerprint density at radius 1 is 1.88 bits per heavy atom. The zero-order chi connectivity index (χ0) is 6.41. The molecule has 0 aliphatic rings. The van der Waals surface area contributed by atoms with E-state index < -0.39 is 0 Å². The summed E-state index contributed by atoms with van der Waals surface area (Å²) in [6, 6.07) is 0. The fourth-order valence-electron chi connectivity index (χ4n) is 0.208. The summed E-state index contributed by atoms with van der Waals surface area (Å²) in [7, 11) is 0. The summed E-state index contributed by atoms with van der Waals surface area (Å²) >= 11 is 0. The highest BCUT2D eigenvalue weighted by atomic mass is 16.5. The number of hydrogen-bond donors (Lipinski definition) is 0. The third-order valence-corrected chi connectivity index (χ3v) is 0.866. The van der Waals surface area contributed by atoms with E-state index in [1.54, 1.807) is 0 Å². The predicted molar refractivity (Wildman–Crippen MR) is 30.8 cm³/mol. The Morgan fingerprint density at radius 3 is 2.88 bits per heavy atom. The van der Waals surface area contributed by atoms with Crippen LogP contribution in [0.2, 0.25) is 0 Å². The smallest absolute Gasteiger partial charge is 0.422 e. The van der Waals surface area contributed by atoms with Crippen LogP contribution in [0.25, 0.3) is 0 Å². The van der Waals surface area contributed by atoms with Gasteiger partial charge in [0, 0.05) is 0 Å². The maximum absolute atomic E-state index is 9.43. The molecule has 0 atom stereocenters. The normalized spacial score (nSPS) is 11.0. The molecule has 0 bridgehead atoms. The maximum atomic E-state index is 9.43. The Hall–Kier alpha value is -0.790. The topological polar surface area (TPSA) is 26.3 Å². The highest BCUT2D eigenvalue weighted by Gasteiger charge is 1.80. The molecule has 0 aromatic heterocycles. The van der Waals surface area contributed by atoms with Crippen molar-refractivity contribution >= 4 is 6.47 Å². The van der Waals surface area contributed by atoms with E-state index in [0.717, 1.165) is 12.0 Å². The Labute approximate surface area is 49.1 Å². The number of rotatable bonds is 3. The van der Waals surface area contributed by atoms with Gasteiger partial charge in [-0.25, -0.2) is 4.79 Å². The first-order chi connectivity index (χ1) is 3.81. The molecule has 0 aromatic carbocycles. The molecule has 0 aliphatic heterocycles. The third-order valence-electron chi connectivity index (χ3n) is 0.866. The van der Waals surface area contributed by atoms with E-state index in [4.69, 9.17) is 0 Å². The highest BCUT2D eigenvalue weighted by molar-refractivity contribution is 5.39. The average molecular weight is 113 g/mol. The Morgan fingerprint density at radius 2 is 2.50 bits per heavy atom. The summed E-state index contributed by atoms with van der Waals surface area (Å²) in [5.74, 6) is 0. The van der Waals surface area contributed by atoms with Crippen LogP contribution >= 0.6 is 0 Å². The lowest BCUT2D eigenvalue weighted by Crippen LogP contribution is -1.76. The number of hydrogen-bond acceptors (Lipinski definition) is 2. The largest absolute Gasteiger partial charge is 0.426 e. The van der Waals surface area contributed by atoms with Crippen molar-refractivity contribution in [1.29, 1.82) is 0 Å². The van der Waals surface area contributed by atoms with Gasteiger partial charge < -0.3 is 4.74 Å². The van der Waals surface area contributed by atoms with E-state index in [9.17, 15) is 4.79 Å². The minimum atomic E-state index is 0.904. The van der Waals surface area contributed by atoms with E-state index in [1.807, 2.05) is 13.8 Å². The molecule has 0 fully saturated rings. The van der Waals surface area contributed by atoms with Crippen molar-refractivity contribution in [3.63, 3.8) is 0 Å². The Kier molecular flexibility index (Phi) is 3.94. The lowest BCUT2D eigenvalue weighted by atomic mass is 10.3. The van der Waals surface area contributed by atoms with Gasteiger partial charge in [-0.1, -0.05) is 6.92 Å². The summed E-state index contributed by atoms with van der Waals surface area (Å²) in [6.07, 6.45) is 2.30. The monoisotopic (exact) mass is 113 g/mol. The van der Waals surface area contributed by atoms with Gasteiger partial charge in [-0.3, -0.25) is 0 Å². The molecule has 0 spiro atoms. The van der Waals surface area contributed by atoms with Gasteiger partial charge in [0.15, 0.2) is 0 Å². The van der Waals surface area contributed by atoms with Crippen molar-refractivity contribution in [2.45, 2.75) is 20.3 Å². The van der Waals surface area contributed by atoms with Crippen molar-refractivity contribution in [2.75, 3.05) is 0 Å². The SMILES string of the molecule is CCC(C)=CO[C]=O. The molecular formula is C6H9O2. The minimum Gasteiger partial charge on any atom is -0.426 e. The van der Waals surface area contributed by atoms with Gasteiger partial charge in [-0.05, 0) is 18.9 Å². The first kappa shape index (κ1) is 7.21. The molecule has 0 aromatic rings. The number of carbonyl (C=O) groups excluding carboxylic acids is 1. The fraction of sp³-hybridized carbons (Fsp3) is 0.500. The van der Waals surface area contributed by atoms with Gasteiger partial charge in [0.05, 0.1) is 6.26 Å². The van der Waals surface area contributed by atoms with Gasteiger partial charge in [0.2, 0.25) is 0 Å². The highest BCUT2D eigenvalue weighted by Crippen LogP contribution is 1.95. The number of ether oxygens (including phenoxy) is 1. The van der Waals surface area contributed by atoms with Gasteiger partial charge in [0.25, 0.3) is 0 Å². The molecule has 1 radical (unpaired) electrons. The van der Waals surface area contributed by atoms with Gasteiger partial charge in [-0.2, -0.15) is 0 Å². The molecule has 45 valence electrons. The van der Waals surface area contributed by atoms with Crippen LogP contribution in [0.1, 0.15) is 20.3 Å². The first-order valence-electron chi connectivity index (χ1n) is 2.49. The maximum Gasteiger partial charge on any atom is 0.422 e. The van der Waals surface area contributed by atoms with E-state index in [-0.39, 0.29) is 0 Å². The quantitative estimate of drug-likeness (QED) is 0.517. The molecule has 2 heteroatoms. The molecule has 0 saturated carbocycles. The molecule has 8 heavy (non-hydrogen) atoms. The first-order valence-corrected chi connectivity index (χ1v) is 2.49. The molecule has 0 aliphatic carbocycles. The van der Waals surface area contributed by atoms with Crippen LogP contribution in [0.3, 0.4) is 0 Å². The van der Waals surface area contributed by atoms with E-state index in [1.165, 1.54) is 12.7 Å². The van der Waals surface area contributed by atoms with Crippen LogP contribution in [0.4, 0.5) is 0 Å². The summed E-state index contributed by atoms with van der Waals surface area (Å²) in [4.78, 5) is 9.43. The van der Waals surface area contributed by atoms with Crippen LogP contribution in [0, 0.1) is 0 Å². The molecule has 0 heterocycles. The minimum absolute atomic E-state index is 0.904. The molecule has 0 saturated heterocycles. The zero-order valence-corrected chi connectivity index (χ0v) is 5.10. The summed E-state index contributed by atoms with van der Waals surface area (Å²) < 4.78 is 4.22. The van der Waals surface area contributed by atoms with Gasteiger partial charge in [-0.15, -0.1) is 0 Å². The molecule has 0 unspecified atom stereocenters. The van der Waals surface area contributed by atoms with Crippen LogP contribution in [0.15, 0.2) is 11.8 Å². The van der Waals surface area contributed by atoms with Crippen LogP contribution in [0.5, 0.6) is 0 Å². The van der Waals surface area contributed by atoms with Crippen LogP contribution in [-0.4, -0.2) is 6.47 Å². The fourth-order valence-corrected chi connectivity index (χ4v) is 0.208. The predicted octanol–water partition coefficient (Wildman–Crippen LogP) is 1.38. The molecule has 0 rings (SSSR count). The lowest BCUT2D eigenvalue weighted by Gasteiger charge is -1.88. The standard InChI is InChI=1S/C6H9O2/c1-3-6(2)4-8-5-7/h4H,3H2,1-2H3. The van der Waals surface area contributed by atoms with Gasteiger partial charge >= 0.3 is 6.47 Å². The second-order valence-electron chi connectivity index (χ2n) is 1.52. The molecule has 0 amide bonds. The van der Waals surface area contributed by atoms with Crippen LogP contribution < -0.4 is 0 Å². The molecule has 0 N–H and O–H groups in total. The Balaban J connectivity index is 3.40. The summed E-state index contributed by atoms with van der Waals surface area (Å²) in [5, 5.41) is 0. The second-order valence-corrected chi connectivity index (χ2v) is 1.52. The van der Waals surface area contributed by atoms with E-state index in [0.29, 0.717) is 0 Å². The zero-order valence-electron chi connectivity index (χ0n) is 5.10. The van der Waals surface area contributed by atoms with Crippen molar-refractivity contribution in [1.82, 2.24) is 0 Å². The summed E-state index contributed by atoms with van der Waals surface area (Å²) in [5.41, 5.74) is 1.04. The van der Waals surface area contributed by atoms with Gasteiger partial charge in [0.1, 0.15) is 0 Å². The van der Waals surface area contributed by atoms with E-state index in [2.05, 4.69) is 4.74 Å². The summed E-state index contributed by atoms with van der Waals surface area (Å²) in [6.45, 7) is 5.18. The Bertz CT molecular complexity index is 94.7. The molecular weight excluding hydrogens is 104 g/mol. The second kappa shape index (κ2) is 4.37.